The van der Waals surface area contributed by atoms with Gasteiger partial charge in [0, 0.05) is 23.2 Å². The van der Waals surface area contributed by atoms with E-state index in [1.807, 2.05) is 24.3 Å². The molecule has 29 heavy (non-hydrogen) atoms. The van der Waals surface area contributed by atoms with Gasteiger partial charge in [0.2, 0.25) is 17.6 Å². The van der Waals surface area contributed by atoms with Crippen molar-refractivity contribution in [1.82, 2.24) is 20.4 Å². The van der Waals surface area contributed by atoms with E-state index >= 15 is 0 Å². The summed E-state index contributed by atoms with van der Waals surface area (Å²) < 4.78 is 5.45. The van der Waals surface area contributed by atoms with Crippen LogP contribution in [0.1, 0.15) is 57.3 Å². The van der Waals surface area contributed by atoms with Crippen LogP contribution >= 0.6 is 11.6 Å². The van der Waals surface area contributed by atoms with Gasteiger partial charge in [0.25, 0.3) is 0 Å². The van der Waals surface area contributed by atoms with Crippen LogP contribution in [0.2, 0.25) is 5.02 Å². The van der Waals surface area contributed by atoms with Gasteiger partial charge in [-0.25, -0.2) is 0 Å². The van der Waals surface area contributed by atoms with Crippen molar-refractivity contribution < 1.29 is 9.32 Å². The number of hydrogen-bond donors (Lipinski definition) is 1. The fourth-order valence-corrected chi connectivity index (χ4v) is 4.60. The molecule has 1 aliphatic heterocycles. The molecule has 7 heteroatoms. The quantitative estimate of drug-likeness (QED) is 0.729. The zero-order chi connectivity index (χ0) is 20.1. The van der Waals surface area contributed by atoms with Crippen LogP contribution in [0.25, 0.3) is 11.4 Å². The topological polar surface area (TPSA) is 71.3 Å². The Morgan fingerprint density at radius 1 is 1.17 bits per heavy atom. The van der Waals surface area contributed by atoms with E-state index < -0.39 is 0 Å². The molecule has 1 saturated heterocycles. The van der Waals surface area contributed by atoms with Crippen molar-refractivity contribution in [3.8, 4) is 11.4 Å². The van der Waals surface area contributed by atoms with Crippen LogP contribution in [0.5, 0.6) is 0 Å². The molecule has 2 heterocycles. The monoisotopic (exact) mass is 416 g/mol. The maximum Gasteiger partial charge on any atom is 0.241 e. The minimum Gasteiger partial charge on any atom is -0.353 e. The van der Waals surface area contributed by atoms with Crippen molar-refractivity contribution >= 4 is 17.5 Å². The van der Waals surface area contributed by atoms with Crippen molar-refractivity contribution in [2.45, 2.75) is 64.0 Å². The van der Waals surface area contributed by atoms with Crippen LogP contribution in [0.4, 0.5) is 0 Å². The van der Waals surface area contributed by atoms with Gasteiger partial charge in [-0.3, -0.25) is 9.69 Å². The number of hydrogen-bond acceptors (Lipinski definition) is 5. The van der Waals surface area contributed by atoms with E-state index in [-0.39, 0.29) is 11.8 Å². The van der Waals surface area contributed by atoms with Gasteiger partial charge in [-0.2, -0.15) is 4.98 Å². The van der Waals surface area contributed by atoms with E-state index in [0.717, 1.165) is 44.3 Å². The summed E-state index contributed by atoms with van der Waals surface area (Å²) in [5, 5.41) is 8.04. The number of nitrogens with zero attached hydrogens (tertiary/aromatic N) is 3. The summed E-state index contributed by atoms with van der Waals surface area (Å²) in [7, 11) is 0. The number of likely N-dealkylation sites (tertiary alicyclic amines) is 1. The molecule has 1 amide bonds. The summed E-state index contributed by atoms with van der Waals surface area (Å²) in [6, 6.07) is 7.78. The molecule has 2 aromatic rings. The second kappa shape index (κ2) is 9.72. The lowest BCUT2D eigenvalue weighted by Crippen LogP contribution is -2.45. The van der Waals surface area contributed by atoms with Crippen molar-refractivity contribution in [1.29, 1.82) is 0 Å². The van der Waals surface area contributed by atoms with Crippen LogP contribution < -0.4 is 5.32 Å². The molecule has 1 aromatic heterocycles. The van der Waals surface area contributed by atoms with Gasteiger partial charge >= 0.3 is 0 Å². The fourth-order valence-electron chi connectivity index (χ4n) is 4.41. The highest BCUT2D eigenvalue weighted by molar-refractivity contribution is 6.30. The highest BCUT2D eigenvalue weighted by Crippen LogP contribution is 2.23. The highest BCUT2D eigenvalue weighted by atomic mass is 35.5. The van der Waals surface area contributed by atoms with Gasteiger partial charge in [-0.1, -0.05) is 54.6 Å². The average molecular weight is 417 g/mol. The molecule has 0 spiro atoms. The molecule has 1 aliphatic carbocycles. The Kier molecular flexibility index (Phi) is 6.82. The summed E-state index contributed by atoms with van der Waals surface area (Å²) in [5.74, 6) is 1.38. The minimum atomic E-state index is 0.0438. The third-order valence-corrected chi connectivity index (χ3v) is 6.22. The van der Waals surface area contributed by atoms with Crippen LogP contribution in [-0.2, 0) is 11.3 Å². The number of aromatic nitrogens is 2. The maximum atomic E-state index is 12.8. The number of nitrogens with one attached hydrogen (secondary N) is 1. The molecular weight excluding hydrogens is 388 g/mol. The van der Waals surface area contributed by atoms with Crippen molar-refractivity contribution in [2.75, 3.05) is 13.1 Å². The maximum absolute atomic E-state index is 12.8. The number of rotatable bonds is 5. The Balaban J connectivity index is 1.32. The molecule has 1 aromatic carbocycles. The minimum absolute atomic E-state index is 0.0438. The SMILES string of the molecule is O=C(NC1CCCCCC1)C1CCCN(Cc2nc(-c3cccc(Cl)c3)no2)C1. The third kappa shape index (κ3) is 5.58. The van der Waals surface area contributed by atoms with Gasteiger partial charge in [0.15, 0.2) is 0 Å². The summed E-state index contributed by atoms with van der Waals surface area (Å²) in [4.78, 5) is 19.6. The number of carbonyl (C=O) groups excluding carboxylic acids is 1. The summed E-state index contributed by atoms with van der Waals surface area (Å²) in [5.41, 5.74) is 0.840. The Morgan fingerprint density at radius 2 is 2.00 bits per heavy atom. The zero-order valence-electron chi connectivity index (χ0n) is 16.8. The van der Waals surface area contributed by atoms with Crippen molar-refractivity contribution in [3.05, 3.63) is 35.2 Å². The van der Waals surface area contributed by atoms with Gasteiger partial charge in [0.1, 0.15) is 0 Å². The molecule has 156 valence electrons. The molecule has 1 N–H and O–H groups in total. The van der Waals surface area contributed by atoms with Crippen LogP contribution in [0, 0.1) is 5.92 Å². The van der Waals surface area contributed by atoms with Crippen molar-refractivity contribution in [3.63, 3.8) is 0 Å². The average Bonchev–Trinajstić information content (AvgIpc) is 3.04. The Morgan fingerprint density at radius 3 is 2.79 bits per heavy atom. The Bertz CT molecular complexity index is 817. The first-order valence-electron chi connectivity index (χ1n) is 10.8. The summed E-state index contributed by atoms with van der Waals surface area (Å²) in [6.07, 6.45) is 9.26. The lowest BCUT2D eigenvalue weighted by Gasteiger charge is -2.31. The largest absolute Gasteiger partial charge is 0.353 e. The highest BCUT2D eigenvalue weighted by Gasteiger charge is 2.28. The number of piperidine rings is 1. The second-order valence-corrected chi connectivity index (χ2v) is 8.73. The second-order valence-electron chi connectivity index (χ2n) is 8.29. The van der Waals surface area contributed by atoms with E-state index in [1.54, 1.807) is 0 Å². The van der Waals surface area contributed by atoms with Gasteiger partial charge in [-0.15, -0.1) is 0 Å². The Hall–Kier alpha value is -1.92. The van der Waals surface area contributed by atoms with E-state index in [2.05, 4.69) is 20.4 Å². The normalized spacial score (nSPS) is 21.6. The lowest BCUT2D eigenvalue weighted by atomic mass is 9.96. The van der Waals surface area contributed by atoms with E-state index in [1.165, 1.54) is 25.7 Å². The predicted molar refractivity (Wildman–Crippen MR) is 112 cm³/mol. The zero-order valence-corrected chi connectivity index (χ0v) is 17.5. The molecule has 6 nitrogen and oxygen atoms in total. The van der Waals surface area contributed by atoms with Gasteiger partial charge < -0.3 is 9.84 Å². The molecule has 0 bridgehead atoms. The first kappa shape index (κ1) is 20.4. The molecule has 4 rings (SSSR count). The fraction of sp³-hybridized carbons (Fsp3) is 0.591. The summed E-state index contributed by atoms with van der Waals surface area (Å²) in [6.45, 7) is 2.26. The Labute approximate surface area is 177 Å². The van der Waals surface area contributed by atoms with Crippen LogP contribution in [0.3, 0.4) is 0 Å². The van der Waals surface area contributed by atoms with Gasteiger partial charge in [-0.05, 0) is 44.4 Å². The smallest absolute Gasteiger partial charge is 0.241 e. The van der Waals surface area contributed by atoms with E-state index in [0.29, 0.717) is 29.3 Å². The lowest BCUT2D eigenvalue weighted by molar-refractivity contribution is -0.127. The van der Waals surface area contributed by atoms with Crippen LogP contribution in [0.15, 0.2) is 28.8 Å². The molecule has 1 atom stereocenters. The first-order chi connectivity index (χ1) is 14.2. The predicted octanol–water partition coefficient (Wildman–Crippen LogP) is 4.44. The number of amides is 1. The van der Waals surface area contributed by atoms with E-state index in [9.17, 15) is 4.79 Å². The molecule has 1 unspecified atom stereocenters. The van der Waals surface area contributed by atoms with Crippen molar-refractivity contribution in [2.24, 2.45) is 5.92 Å². The summed E-state index contributed by atoms with van der Waals surface area (Å²) >= 11 is 6.05. The number of halogens is 1. The number of carbonyl (C=O) groups is 1. The molecule has 1 saturated carbocycles. The molecule has 2 fully saturated rings. The first-order valence-corrected chi connectivity index (χ1v) is 11.2. The standard InChI is InChI=1S/C22H29ClN4O2/c23-18-9-5-7-16(13-18)21-25-20(29-26-21)15-27-12-6-8-17(14-27)22(28)24-19-10-3-1-2-4-11-19/h5,7,9,13,17,19H,1-4,6,8,10-12,14-15H2,(H,24,28). The molecule has 2 aliphatic rings. The molecular formula is C22H29ClN4O2. The van der Waals surface area contributed by atoms with E-state index in [4.69, 9.17) is 16.1 Å². The molecule has 0 radical (unpaired) electrons. The van der Waals surface area contributed by atoms with Gasteiger partial charge in [0.05, 0.1) is 12.5 Å². The van der Waals surface area contributed by atoms with Crippen LogP contribution in [-0.4, -0.2) is 40.1 Å². The third-order valence-electron chi connectivity index (χ3n) is 5.99. The number of benzene rings is 1.